The molecule has 0 amide bonds. The Morgan fingerprint density at radius 3 is 2.55 bits per heavy atom. The molecule has 2 heterocycles. The average Bonchev–Trinajstić information content (AvgIpc) is 2.84. The smallest absolute Gasteiger partial charge is 0.118 e. The fourth-order valence-electron chi connectivity index (χ4n) is 2.14. The largest absolute Gasteiger partial charge is 0.464 e. The fourth-order valence-corrected chi connectivity index (χ4v) is 3.53. The maximum absolute atomic E-state index is 12.3. The van der Waals surface area contributed by atoms with Gasteiger partial charge in [0, 0.05) is 34.8 Å². The second kappa shape index (κ2) is 6.87. The zero-order chi connectivity index (χ0) is 14.6. The second-order valence-corrected chi connectivity index (χ2v) is 8.03. The maximum Gasteiger partial charge on any atom is 0.118 e. The molecule has 0 aromatic carbocycles. The van der Waals surface area contributed by atoms with E-state index >= 15 is 0 Å². The van der Waals surface area contributed by atoms with Gasteiger partial charge in [-0.25, -0.2) is 0 Å². The van der Waals surface area contributed by atoms with Crippen molar-refractivity contribution in [2.45, 2.75) is 56.7 Å². The van der Waals surface area contributed by atoms with Crippen molar-refractivity contribution in [3.05, 3.63) is 23.7 Å². The van der Waals surface area contributed by atoms with Gasteiger partial charge < -0.3 is 14.5 Å². The molecule has 1 aromatic rings. The molecule has 1 N–H and O–H groups in total. The molecule has 0 spiro atoms. The van der Waals surface area contributed by atoms with Gasteiger partial charge in [0.25, 0.3) is 0 Å². The van der Waals surface area contributed by atoms with Crippen LogP contribution in [0.15, 0.2) is 16.5 Å². The summed E-state index contributed by atoms with van der Waals surface area (Å²) in [5, 5.41) is 3.64. The molecule has 0 saturated carbocycles. The van der Waals surface area contributed by atoms with Gasteiger partial charge in [0.1, 0.15) is 11.5 Å². The van der Waals surface area contributed by atoms with Crippen LogP contribution in [-0.4, -0.2) is 28.2 Å². The van der Waals surface area contributed by atoms with Gasteiger partial charge >= 0.3 is 0 Å². The Bertz CT molecular complexity index is 444. The summed E-state index contributed by atoms with van der Waals surface area (Å²) < 4.78 is 23.3. The van der Waals surface area contributed by atoms with E-state index in [1.807, 2.05) is 12.1 Å². The molecule has 1 fully saturated rings. The van der Waals surface area contributed by atoms with Gasteiger partial charge in [0.15, 0.2) is 0 Å². The molecule has 1 saturated heterocycles. The first-order chi connectivity index (χ1) is 9.44. The summed E-state index contributed by atoms with van der Waals surface area (Å²) in [7, 11) is -0.859. The Morgan fingerprint density at radius 2 is 1.90 bits per heavy atom. The van der Waals surface area contributed by atoms with Crippen LogP contribution >= 0.6 is 0 Å². The molecule has 1 atom stereocenters. The van der Waals surface area contributed by atoms with Crippen LogP contribution in [0.5, 0.6) is 0 Å². The van der Waals surface area contributed by atoms with E-state index in [-0.39, 0.29) is 10.8 Å². The normalized spacial score (nSPS) is 19.1. The van der Waals surface area contributed by atoms with E-state index in [9.17, 15) is 4.21 Å². The molecule has 5 heteroatoms. The van der Waals surface area contributed by atoms with E-state index in [4.69, 9.17) is 9.15 Å². The lowest BCUT2D eigenvalue weighted by molar-refractivity contribution is 0.0991. The van der Waals surface area contributed by atoms with Crippen LogP contribution in [0.25, 0.3) is 0 Å². The predicted octanol–water partition coefficient (Wildman–Crippen LogP) is 2.60. The highest BCUT2D eigenvalue weighted by atomic mass is 32.2. The standard InChI is InChI=1S/C15H25NO3S/c1-15(2,3)16-10-12-4-5-13(19-12)11-20(17)14-6-8-18-9-7-14/h4-5,14,16H,6-11H2,1-3H3. The molecule has 1 aliphatic rings. The Labute approximate surface area is 123 Å². The average molecular weight is 299 g/mol. The summed E-state index contributed by atoms with van der Waals surface area (Å²) in [5.41, 5.74) is 0.0673. The first-order valence-corrected chi connectivity index (χ1v) is 8.60. The van der Waals surface area contributed by atoms with Gasteiger partial charge in [-0.1, -0.05) is 0 Å². The Hall–Kier alpha value is -0.650. The summed E-state index contributed by atoms with van der Waals surface area (Å²) >= 11 is 0. The van der Waals surface area contributed by atoms with Gasteiger partial charge in [-0.05, 0) is 45.7 Å². The summed E-state index contributed by atoms with van der Waals surface area (Å²) in [6.45, 7) is 8.53. The van der Waals surface area contributed by atoms with Crippen LogP contribution < -0.4 is 5.32 Å². The van der Waals surface area contributed by atoms with Crippen molar-refractivity contribution in [3.8, 4) is 0 Å². The lowest BCUT2D eigenvalue weighted by Gasteiger charge is -2.21. The molecular formula is C15H25NO3S. The minimum Gasteiger partial charge on any atom is -0.464 e. The van der Waals surface area contributed by atoms with Crippen LogP contribution in [0, 0.1) is 0 Å². The van der Waals surface area contributed by atoms with Crippen LogP contribution in [0.2, 0.25) is 0 Å². The second-order valence-electron chi connectivity index (χ2n) is 6.31. The minimum absolute atomic E-state index is 0.0673. The number of ether oxygens (including phenoxy) is 1. The van der Waals surface area contributed by atoms with E-state index in [1.54, 1.807) is 0 Å². The summed E-state index contributed by atoms with van der Waals surface area (Å²) in [6.07, 6.45) is 1.79. The maximum atomic E-state index is 12.3. The molecule has 1 aliphatic heterocycles. The van der Waals surface area contributed by atoms with Gasteiger partial charge in [-0.3, -0.25) is 4.21 Å². The number of hydrogen-bond acceptors (Lipinski definition) is 4. The lowest BCUT2D eigenvalue weighted by atomic mass is 10.1. The quantitative estimate of drug-likeness (QED) is 0.908. The van der Waals surface area contributed by atoms with Gasteiger partial charge in [0.2, 0.25) is 0 Å². The first-order valence-electron chi connectivity index (χ1n) is 7.21. The fraction of sp³-hybridized carbons (Fsp3) is 0.733. The van der Waals surface area contributed by atoms with Gasteiger partial charge in [-0.2, -0.15) is 0 Å². The highest BCUT2D eigenvalue weighted by molar-refractivity contribution is 7.84. The van der Waals surface area contributed by atoms with Crippen LogP contribution in [0.1, 0.15) is 45.1 Å². The Balaban J connectivity index is 1.84. The van der Waals surface area contributed by atoms with E-state index in [1.165, 1.54) is 0 Å². The molecule has 2 rings (SSSR count). The number of rotatable bonds is 5. The molecular weight excluding hydrogens is 274 g/mol. The molecule has 0 radical (unpaired) electrons. The third-order valence-corrected chi connectivity index (χ3v) is 5.12. The number of furan rings is 1. The Morgan fingerprint density at radius 1 is 1.25 bits per heavy atom. The molecule has 4 nitrogen and oxygen atoms in total. The lowest BCUT2D eigenvalue weighted by Crippen LogP contribution is -2.34. The molecule has 0 bridgehead atoms. The monoisotopic (exact) mass is 299 g/mol. The molecule has 20 heavy (non-hydrogen) atoms. The van der Waals surface area contributed by atoms with Gasteiger partial charge in [-0.15, -0.1) is 0 Å². The third-order valence-electron chi connectivity index (χ3n) is 3.33. The zero-order valence-corrected chi connectivity index (χ0v) is 13.4. The summed E-state index contributed by atoms with van der Waals surface area (Å²) in [6, 6.07) is 3.91. The van der Waals surface area contributed by atoms with E-state index in [0.29, 0.717) is 12.3 Å². The third kappa shape index (κ3) is 5.04. The van der Waals surface area contributed by atoms with E-state index < -0.39 is 10.8 Å². The SMILES string of the molecule is CC(C)(C)NCc1ccc(CS(=O)C2CCOCC2)o1. The van der Waals surface area contributed by atoms with Gasteiger partial charge in [0.05, 0.1) is 12.3 Å². The predicted molar refractivity (Wildman–Crippen MR) is 81.0 cm³/mol. The topological polar surface area (TPSA) is 51.5 Å². The van der Waals surface area contributed by atoms with Crippen LogP contribution in [0.4, 0.5) is 0 Å². The first kappa shape index (κ1) is 15.7. The zero-order valence-electron chi connectivity index (χ0n) is 12.6. The number of hydrogen-bond donors (Lipinski definition) is 1. The van der Waals surface area contributed by atoms with Crippen molar-refractivity contribution in [2.24, 2.45) is 0 Å². The highest BCUT2D eigenvalue weighted by Crippen LogP contribution is 2.18. The van der Waals surface area contributed by atoms with E-state index in [2.05, 4.69) is 26.1 Å². The Kier molecular flexibility index (Phi) is 5.41. The van der Waals surface area contributed by atoms with Crippen molar-refractivity contribution in [2.75, 3.05) is 13.2 Å². The summed E-state index contributed by atoms with van der Waals surface area (Å²) in [5.74, 6) is 2.24. The van der Waals surface area contributed by atoms with Crippen LogP contribution in [0.3, 0.4) is 0 Å². The van der Waals surface area contributed by atoms with Crippen LogP contribution in [-0.2, 0) is 27.8 Å². The molecule has 1 unspecified atom stereocenters. The highest BCUT2D eigenvalue weighted by Gasteiger charge is 2.21. The molecule has 0 aliphatic carbocycles. The van der Waals surface area contributed by atoms with Crippen molar-refractivity contribution >= 4 is 10.8 Å². The van der Waals surface area contributed by atoms with Crippen molar-refractivity contribution in [1.82, 2.24) is 5.32 Å². The van der Waals surface area contributed by atoms with Crippen molar-refractivity contribution in [1.29, 1.82) is 0 Å². The molecule has 1 aromatic heterocycles. The summed E-state index contributed by atoms with van der Waals surface area (Å²) in [4.78, 5) is 0. The van der Waals surface area contributed by atoms with Crippen molar-refractivity contribution < 1.29 is 13.4 Å². The minimum atomic E-state index is -0.859. The van der Waals surface area contributed by atoms with Crippen molar-refractivity contribution in [3.63, 3.8) is 0 Å². The number of nitrogens with one attached hydrogen (secondary N) is 1. The molecule has 114 valence electrons. The van der Waals surface area contributed by atoms with E-state index in [0.717, 1.165) is 37.6 Å².